The summed E-state index contributed by atoms with van der Waals surface area (Å²) in [6.07, 6.45) is 3.00. The molecular weight excluding hydrogens is 250 g/mol. The van der Waals surface area contributed by atoms with E-state index in [1.54, 1.807) is 6.07 Å². The number of anilines is 1. The largest absolute Gasteiger partial charge is 0.382 e. The lowest BCUT2D eigenvalue weighted by Gasteiger charge is -2.11. The Balaban J connectivity index is 1.98. The van der Waals surface area contributed by atoms with Gasteiger partial charge < -0.3 is 5.32 Å². The Bertz CT molecular complexity index is 477. The third-order valence-corrected chi connectivity index (χ3v) is 5.08. The lowest BCUT2D eigenvalue weighted by molar-refractivity contribution is 0.591. The lowest BCUT2D eigenvalue weighted by atomic mass is 10.2. The van der Waals surface area contributed by atoms with Crippen LogP contribution in [0.25, 0.3) is 0 Å². The summed E-state index contributed by atoms with van der Waals surface area (Å²) in [7, 11) is -2.90. The number of rotatable bonds is 3. The van der Waals surface area contributed by atoms with Crippen LogP contribution in [-0.4, -0.2) is 36.2 Å². The summed E-state index contributed by atoms with van der Waals surface area (Å²) in [6, 6.07) is 1.62. The summed E-state index contributed by atoms with van der Waals surface area (Å²) >= 11 is 5.66. The van der Waals surface area contributed by atoms with E-state index >= 15 is 0 Å². The fourth-order valence-corrected chi connectivity index (χ4v) is 3.68. The maximum atomic E-state index is 11.6. The van der Waals surface area contributed by atoms with Crippen LogP contribution in [0.4, 0.5) is 5.69 Å². The van der Waals surface area contributed by atoms with Crippen LogP contribution < -0.4 is 5.32 Å². The average Bonchev–Trinajstić information content (AvgIpc) is 2.55. The quantitative estimate of drug-likeness (QED) is 0.883. The molecular formula is C9H12ClN3O2S. The van der Waals surface area contributed by atoms with E-state index in [0.717, 1.165) is 12.8 Å². The van der Waals surface area contributed by atoms with Gasteiger partial charge in [0.2, 0.25) is 0 Å². The summed E-state index contributed by atoms with van der Waals surface area (Å²) in [5.74, 6) is 0.300. The van der Waals surface area contributed by atoms with E-state index in [2.05, 4.69) is 15.5 Å². The first-order valence-electron chi connectivity index (χ1n) is 5.01. The summed E-state index contributed by atoms with van der Waals surface area (Å²) in [5, 5.41) is 10.3. The highest BCUT2D eigenvalue weighted by atomic mass is 35.5. The molecule has 1 N–H and O–H groups in total. The number of aromatic nitrogens is 2. The van der Waals surface area contributed by atoms with Crippen LogP contribution in [0, 0.1) is 0 Å². The maximum Gasteiger partial charge on any atom is 0.154 e. The number of hydrogen-bond donors (Lipinski definition) is 1. The van der Waals surface area contributed by atoms with E-state index in [9.17, 15) is 8.42 Å². The van der Waals surface area contributed by atoms with Crippen molar-refractivity contribution >= 4 is 27.1 Å². The molecule has 0 amide bonds. The monoisotopic (exact) mass is 261 g/mol. The Morgan fingerprint density at radius 1 is 1.56 bits per heavy atom. The van der Waals surface area contributed by atoms with Crippen LogP contribution in [0.15, 0.2) is 12.3 Å². The standard InChI is InChI=1S/C9H12ClN3O2S/c10-9-4-7(5-12-13-9)11-6-8-2-1-3-16(8,14)15/h4-5,8H,1-3,6H2,(H,11,13). The minimum atomic E-state index is -2.90. The van der Waals surface area contributed by atoms with Gasteiger partial charge >= 0.3 is 0 Å². The van der Waals surface area contributed by atoms with Crippen molar-refractivity contribution in [1.82, 2.24) is 10.2 Å². The molecule has 7 heteroatoms. The first kappa shape index (κ1) is 11.6. The Kier molecular flexibility index (Phi) is 3.30. The molecule has 0 aromatic carbocycles. The Morgan fingerprint density at radius 3 is 3.00 bits per heavy atom. The van der Waals surface area contributed by atoms with Crippen LogP contribution in [-0.2, 0) is 9.84 Å². The van der Waals surface area contributed by atoms with E-state index in [1.165, 1.54) is 6.20 Å². The molecule has 1 aliphatic rings. The molecule has 1 aliphatic heterocycles. The van der Waals surface area contributed by atoms with Crippen molar-refractivity contribution in [3.8, 4) is 0 Å². The van der Waals surface area contributed by atoms with Crippen molar-refractivity contribution in [3.63, 3.8) is 0 Å². The second kappa shape index (κ2) is 4.55. The van der Waals surface area contributed by atoms with Crippen molar-refractivity contribution in [2.24, 2.45) is 0 Å². The molecule has 0 bridgehead atoms. The number of hydrogen-bond acceptors (Lipinski definition) is 5. The minimum absolute atomic E-state index is 0.291. The molecule has 5 nitrogen and oxygen atoms in total. The molecule has 0 aliphatic carbocycles. The molecule has 2 heterocycles. The summed E-state index contributed by atoms with van der Waals surface area (Å²) < 4.78 is 23.1. The molecule has 1 fully saturated rings. The highest BCUT2D eigenvalue weighted by Crippen LogP contribution is 2.20. The zero-order chi connectivity index (χ0) is 11.6. The molecule has 1 saturated heterocycles. The number of nitrogens with one attached hydrogen (secondary N) is 1. The van der Waals surface area contributed by atoms with Crippen LogP contribution in [0.1, 0.15) is 12.8 Å². The van der Waals surface area contributed by atoms with E-state index in [0.29, 0.717) is 23.1 Å². The normalized spacial score (nSPS) is 23.2. The average molecular weight is 262 g/mol. The van der Waals surface area contributed by atoms with Gasteiger partial charge in [-0.05, 0) is 12.8 Å². The number of halogens is 1. The van der Waals surface area contributed by atoms with Gasteiger partial charge in [-0.3, -0.25) is 0 Å². The van der Waals surface area contributed by atoms with E-state index in [1.807, 2.05) is 0 Å². The third-order valence-electron chi connectivity index (χ3n) is 2.62. The Hall–Kier alpha value is -0.880. The molecule has 1 atom stereocenters. The molecule has 1 unspecified atom stereocenters. The Morgan fingerprint density at radius 2 is 2.38 bits per heavy atom. The first-order valence-corrected chi connectivity index (χ1v) is 7.11. The van der Waals surface area contributed by atoms with Crippen molar-refractivity contribution in [3.05, 3.63) is 17.4 Å². The van der Waals surface area contributed by atoms with Crippen LogP contribution in [0.2, 0.25) is 5.15 Å². The van der Waals surface area contributed by atoms with E-state index in [4.69, 9.17) is 11.6 Å². The third kappa shape index (κ3) is 2.62. The molecule has 0 spiro atoms. The van der Waals surface area contributed by atoms with Crippen molar-refractivity contribution in [1.29, 1.82) is 0 Å². The maximum absolute atomic E-state index is 11.6. The molecule has 16 heavy (non-hydrogen) atoms. The van der Waals surface area contributed by atoms with Crippen molar-refractivity contribution in [2.75, 3.05) is 17.6 Å². The van der Waals surface area contributed by atoms with Gasteiger partial charge in [0.15, 0.2) is 15.0 Å². The van der Waals surface area contributed by atoms with Crippen LogP contribution in [0.5, 0.6) is 0 Å². The first-order chi connectivity index (χ1) is 7.58. The smallest absolute Gasteiger partial charge is 0.154 e. The molecule has 2 rings (SSSR count). The summed E-state index contributed by atoms with van der Waals surface area (Å²) in [6.45, 7) is 0.407. The fraction of sp³-hybridized carbons (Fsp3) is 0.556. The molecule has 0 radical (unpaired) electrons. The van der Waals surface area contributed by atoms with Gasteiger partial charge in [0.1, 0.15) is 0 Å². The van der Waals surface area contributed by atoms with Gasteiger partial charge in [0, 0.05) is 12.6 Å². The Labute approximate surface area is 99.1 Å². The SMILES string of the molecule is O=S1(=O)CCCC1CNc1cnnc(Cl)c1. The highest BCUT2D eigenvalue weighted by molar-refractivity contribution is 7.92. The predicted octanol–water partition coefficient (Wildman–Crippen LogP) is 1.12. The van der Waals surface area contributed by atoms with Gasteiger partial charge in [-0.15, -0.1) is 5.10 Å². The summed E-state index contributed by atoms with van der Waals surface area (Å²) in [4.78, 5) is 0. The number of sulfone groups is 1. The van der Waals surface area contributed by atoms with Crippen molar-refractivity contribution in [2.45, 2.75) is 18.1 Å². The van der Waals surface area contributed by atoms with Crippen LogP contribution >= 0.6 is 11.6 Å². The zero-order valence-corrected chi connectivity index (χ0v) is 10.1. The molecule has 1 aromatic rings. The van der Waals surface area contributed by atoms with E-state index in [-0.39, 0.29) is 5.25 Å². The molecule has 88 valence electrons. The van der Waals surface area contributed by atoms with Crippen LogP contribution in [0.3, 0.4) is 0 Å². The second-order valence-electron chi connectivity index (χ2n) is 3.78. The van der Waals surface area contributed by atoms with Gasteiger partial charge in [0.05, 0.1) is 22.9 Å². The van der Waals surface area contributed by atoms with Gasteiger partial charge in [0.25, 0.3) is 0 Å². The van der Waals surface area contributed by atoms with Crippen molar-refractivity contribution < 1.29 is 8.42 Å². The van der Waals surface area contributed by atoms with Gasteiger partial charge in [-0.2, -0.15) is 5.10 Å². The second-order valence-corrected chi connectivity index (χ2v) is 6.57. The van der Waals surface area contributed by atoms with Gasteiger partial charge in [-0.1, -0.05) is 11.6 Å². The lowest BCUT2D eigenvalue weighted by Crippen LogP contribution is -2.25. The fourth-order valence-electron chi connectivity index (χ4n) is 1.76. The molecule has 0 saturated carbocycles. The van der Waals surface area contributed by atoms with E-state index < -0.39 is 9.84 Å². The van der Waals surface area contributed by atoms with Gasteiger partial charge in [-0.25, -0.2) is 8.42 Å². The number of nitrogens with zero attached hydrogens (tertiary/aromatic N) is 2. The predicted molar refractivity (Wildman–Crippen MR) is 62.3 cm³/mol. The highest BCUT2D eigenvalue weighted by Gasteiger charge is 2.30. The summed E-state index contributed by atoms with van der Waals surface area (Å²) in [5.41, 5.74) is 0.696. The molecule has 1 aromatic heterocycles. The topological polar surface area (TPSA) is 72.0 Å². The minimum Gasteiger partial charge on any atom is -0.382 e. The zero-order valence-electron chi connectivity index (χ0n) is 8.56.